The Morgan fingerprint density at radius 2 is 1.81 bits per heavy atom. The molecule has 0 spiro atoms. The predicted octanol–water partition coefficient (Wildman–Crippen LogP) is 2.08. The third kappa shape index (κ3) is 4.70. The molecule has 2 N–H and O–H groups in total. The molecule has 0 heterocycles. The first kappa shape index (κ1) is 16.9. The van der Waals surface area contributed by atoms with Gasteiger partial charge in [0.15, 0.2) is 11.6 Å². The Balaban J connectivity index is 2.80. The molecule has 1 aromatic rings. The Morgan fingerprint density at radius 3 is 2.33 bits per heavy atom. The summed E-state index contributed by atoms with van der Waals surface area (Å²) in [5, 5.41) is 5.15. The van der Waals surface area contributed by atoms with E-state index in [1.807, 2.05) is 0 Å². The molecule has 0 unspecified atom stereocenters. The molecule has 0 saturated heterocycles. The molecule has 0 bridgehead atoms. The van der Waals surface area contributed by atoms with Gasteiger partial charge in [-0.1, -0.05) is 0 Å². The average Bonchev–Trinajstić information content (AvgIpc) is 2.37. The van der Waals surface area contributed by atoms with Crippen molar-refractivity contribution in [1.29, 1.82) is 0 Å². The summed E-state index contributed by atoms with van der Waals surface area (Å²) >= 11 is 0. The quantitative estimate of drug-likeness (QED) is 0.835. The highest BCUT2D eigenvalue weighted by atomic mass is 19.2. The van der Waals surface area contributed by atoms with Crippen LogP contribution in [-0.2, 0) is 9.53 Å². The second-order valence-electron chi connectivity index (χ2n) is 5.43. The third-order valence-corrected chi connectivity index (χ3v) is 2.44. The van der Waals surface area contributed by atoms with Gasteiger partial charge in [-0.3, -0.25) is 4.79 Å². The van der Waals surface area contributed by atoms with Gasteiger partial charge in [0.2, 0.25) is 5.91 Å². The molecule has 0 aliphatic heterocycles. The van der Waals surface area contributed by atoms with Gasteiger partial charge in [-0.25, -0.2) is 13.6 Å². The molecule has 0 saturated carbocycles. The van der Waals surface area contributed by atoms with Gasteiger partial charge in [0.1, 0.15) is 0 Å². The number of hydrogen-bond acceptors (Lipinski definition) is 4. The van der Waals surface area contributed by atoms with E-state index in [0.717, 1.165) is 13.2 Å². The van der Waals surface area contributed by atoms with Crippen molar-refractivity contribution in [3.05, 3.63) is 29.3 Å². The van der Waals surface area contributed by atoms with Gasteiger partial charge in [0.25, 0.3) is 0 Å². The van der Waals surface area contributed by atoms with Gasteiger partial charge >= 0.3 is 5.97 Å². The zero-order valence-electron chi connectivity index (χ0n) is 12.3. The average molecular weight is 300 g/mol. The highest BCUT2D eigenvalue weighted by Gasteiger charge is 2.20. The standard InChI is InChI=1S/C14H18F2N2O3/c1-14(2,3)18-10(19)7-17-9-6-5-8(13(20)21-4)11(15)12(9)16/h5-6,17H,7H2,1-4H3,(H,18,19). The van der Waals surface area contributed by atoms with E-state index >= 15 is 0 Å². The van der Waals surface area contributed by atoms with E-state index < -0.39 is 28.7 Å². The lowest BCUT2D eigenvalue weighted by Gasteiger charge is -2.20. The number of nitrogens with one attached hydrogen (secondary N) is 2. The van der Waals surface area contributed by atoms with Crippen LogP contribution in [0, 0.1) is 11.6 Å². The Bertz CT molecular complexity index is 554. The minimum Gasteiger partial charge on any atom is -0.465 e. The van der Waals surface area contributed by atoms with Crippen LogP contribution in [0.4, 0.5) is 14.5 Å². The largest absolute Gasteiger partial charge is 0.465 e. The van der Waals surface area contributed by atoms with Gasteiger partial charge in [-0.05, 0) is 32.9 Å². The Kier molecular flexibility index (Phi) is 5.23. The Hall–Kier alpha value is -2.18. The summed E-state index contributed by atoms with van der Waals surface area (Å²) in [4.78, 5) is 22.8. The van der Waals surface area contributed by atoms with E-state index in [2.05, 4.69) is 15.4 Å². The number of ether oxygens (including phenoxy) is 1. The zero-order chi connectivity index (χ0) is 16.2. The van der Waals surface area contributed by atoms with E-state index in [-0.39, 0.29) is 18.1 Å². The number of esters is 1. The van der Waals surface area contributed by atoms with Crippen molar-refractivity contribution in [2.75, 3.05) is 19.0 Å². The first-order valence-corrected chi connectivity index (χ1v) is 6.27. The van der Waals surface area contributed by atoms with E-state index in [9.17, 15) is 18.4 Å². The number of hydrogen-bond donors (Lipinski definition) is 2. The number of halogens is 2. The van der Waals surface area contributed by atoms with Gasteiger partial charge in [-0.2, -0.15) is 0 Å². The number of carbonyl (C=O) groups excluding carboxylic acids is 2. The molecule has 0 fully saturated rings. The molecule has 21 heavy (non-hydrogen) atoms. The number of anilines is 1. The molecule has 0 aliphatic carbocycles. The monoisotopic (exact) mass is 300 g/mol. The molecular formula is C14H18F2N2O3. The minimum absolute atomic E-state index is 0.204. The van der Waals surface area contributed by atoms with E-state index in [1.54, 1.807) is 20.8 Å². The summed E-state index contributed by atoms with van der Waals surface area (Å²) in [6.45, 7) is 5.19. The number of methoxy groups -OCH3 is 1. The normalized spacial score (nSPS) is 11.0. The molecule has 0 radical (unpaired) electrons. The Morgan fingerprint density at radius 1 is 1.19 bits per heavy atom. The maximum Gasteiger partial charge on any atom is 0.340 e. The van der Waals surface area contributed by atoms with Crippen LogP contribution in [0.1, 0.15) is 31.1 Å². The molecular weight excluding hydrogens is 282 g/mol. The van der Waals surface area contributed by atoms with Crippen molar-refractivity contribution in [2.24, 2.45) is 0 Å². The fourth-order valence-electron chi connectivity index (χ4n) is 1.59. The van der Waals surface area contributed by atoms with Crippen LogP contribution in [0.3, 0.4) is 0 Å². The molecule has 0 atom stereocenters. The first-order chi connectivity index (χ1) is 9.65. The van der Waals surface area contributed by atoms with Gasteiger partial charge in [0.05, 0.1) is 24.9 Å². The lowest BCUT2D eigenvalue weighted by molar-refractivity contribution is -0.120. The maximum atomic E-state index is 13.8. The SMILES string of the molecule is COC(=O)c1ccc(NCC(=O)NC(C)(C)C)c(F)c1F. The molecule has 1 aromatic carbocycles. The lowest BCUT2D eigenvalue weighted by atomic mass is 10.1. The second kappa shape index (κ2) is 6.51. The first-order valence-electron chi connectivity index (χ1n) is 6.27. The van der Waals surface area contributed by atoms with Crippen molar-refractivity contribution >= 4 is 17.6 Å². The number of benzene rings is 1. The summed E-state index contributed by atoms with van der Waals surface area (Å²) in [5.74, 6) is -3.88. The van der Waals surface area contributed by atoms with Crippen LogP contribution in [0.15, 0.2) is 12.1 Å². The van der Waals surface area contributed by atoms with Crippen LogP contribution >= 0.6 is 0 Å². The number of carbonyl (C=O) groups is 2. The topological polar surface area (TPSA) is 67.4 Å². The van der Waals surface area contributed by atoms with Crippen LogP contribution in [0.25, 0.3) is 0 Å². The maximum absolute atomic E-state index is 13.8. The molecule has 1 rings (SSSR count). The molecule has 0 aliphatic rings. The smallest absolute Gasteiger partial charge is 0.340 e. The second-order valence-corrected chi connectivity index (χ2v) is 5.43. The zero-order valence-corrected chi connectivity index (χ0v) is 12.3. The van der Waals surface area contributed by atoms with Crippen molar-refractivity contribution in [3.63, 3.8) is 0 Å². The summed E-state index contributed by atoms with van der Waals surface area (Å²) in [6.07, 6.45) is 0. The van der Waals surface area contributed by atoms with Crippen LogP contribution in [0.2, 0.25) is 0 Å². The molecule has 5 nitrogen and oxygen atoms in total. The highest BCUT2D eigenvalue weighted by Crippen LogP contribution is 2.21. The van der Waals surface area contributed by atoms with Crippen molar-refractivity contribution in [1.82, 2.24) is 5.32 Å². The summed E-state index contributed by atoms with van der Waals surface area (Å²) in [7, 11) is 1.07. The lowest BCUT2D eigenvalue weighted by Crippen LogP contribution is -2.43. The van der Waals surface area contributed by atoms with Crippen LogP contribution < -0.4 is 10.6 Å². The number of rotatable bonds is 4. The predicted molar refractivity (Wildman–Crippen MR) is 74.1 cm³/mol. The highest BCUT2D eigenvalue weighted by molar-refractivity contribution is 5.90. The minimum atomic E-state index is -1.32. The molecule has 0 aromatic heterocycles. The van der Waals surface area contributed by atoms with Crippen molar-refractivity contribution in [2.45, 2.75) is 26.3 Å². The van der Waals surface area contributed by atoms with E-state index in [0.29, 0.717) is 0 Å². The molecule has 7 heteroatoms. The van der Waals surface area contributed by atoms with Gasteiger partial charge < -0.3 is 15.4 Å². The van der Waals surface area contributed by atoms with Gasteiger partial charge in [0, 0.05) is 5.54 Å². The molecule has 116 valence electrons. The van der Waals surface area contributed by atoms with E-state index in [4.69, 9.17) is 0 Å². The third-order valence-electron chi connectivity index (χ3n) is 2.44. The fourth-order valence-corrected chi connectivity index (χ4v) is 1.59. The Labute approximate surface area is 121 Å². The van der Waals surface area contributed by atoms with Gasteiger partial charge in [-0.15, -0.1) is 0 Å². The van der Waals surface area contributed by atoms with Crippen molar-refractivity contribution in [3.8, 4) is 0 Å². The van der Waals surface area contributed by atoms with E-state index in [1.165, 1.54) is 6.07 Å². The molecule has 1 amide bonds. The van der Waals surface area contributed by atoms with Crippen molar-refractivity contribution < 1.29 is 23.1 Å². The van der Waals surface area contributed by atoms with Crippen LogP contribution in [-0.4, -0.2) is 31.1 Å². The summed E-state index contributed by atoms with van der Waals surface area (Å²) in [5.41, 5.74) is -1.12. The summed E-state index contributed by atoms with van der Waals surface area (Å²) in [6, 6.07) is 2.27. The number of amides is 1. The summed E-state index contributed by atoms with van der Waals surface area (Å²) < 4.78 is 31.8. The fraction of sp³-hybridized carbons (Fsp3) is 0.429. The van der Waals surface area contributed by atoms with Crippen LogP contribution in [0.5, 0.6) is 0 Å².